The molecular weight excluding hydrogens is 222 g/mol. The van der Waals surface area contributed by atoms with Crippen molar-refractivity contribution >= 4 is 0 Å². The Hall–Kier alpha value is -0.930. The van der Waals surface area contributed by atoms with Crippen LogP contribution in [-0.2, 0) is 6.42 Å². The minimum absolute atomic E-state index is 0.653. The molecule has 0 bridgehead atoms. The largest absolute Gasteiger partial charge is 0.313 e. The molecule has 1 aromatic heterocycles. The number of aromatic nitrogens is 1. The molecule has 0 unspecified atom stereocenters. The number of nitrogens with one attached hydrogen (secondary N) is 1. The first-order valence-electron chi connectivity index (χ1n) is 7.00. The van der Waals surface area contributed by atoms with Crippen molar-refractivity contribution in [3.05, 3.63) is 30.1 Å². The summed E-state index contributed by atoms with van der Waals surface area (Å²) in [6.07, 6.45) is 4.14. The molecule has 0 radical (unpaired) electrons. The van der Waals surface area contributed by atoms with E-state index in [0.29, 0.717) is 12.1 Å². The Bertz CT molecular complexity index is 352. The number of pyridine rings is 1. The van der Waals surface area contributed by atoms with Gasteiger partial charge in [0.1, 0.15) is 0 Å². The van der Waals surface area contributed by atoms with Gasteiger partial charge in [-0.05, 0) is 38.4 Å². The van der Waals surface area contributed by atoms with E-state index in [9.17, 15) is 0 Å². The topological polar surface area (TPSA) is 28.2 Å². The first-order valence-corrected chi connectivity index (χ1v) is 7.00. The zero-order valence-electron chi connectivity index (χ0n) is 11.8. The van der Waals surface area contributed by atoms with E-state index in [0.717, 1.165) is 18.9 Å². The van der Waals surface area contributed by atoms with E-state index in [1.165, 1.54) is 18.7 Å². The quantitative estimate of drug-likeness (QED) is 0.881. The van der Waals surface area contributed by atoms with Gasteiger partial charge in [-0.15, -0.1) is 0 Å². The highest BCUT2D eigenvalue weighted by Gasteiger charge is 2.28. The maximum atomic E-state index is 4.36. The van der Waals surface area contributed by atoms with Crippen LogP contribution < -0.4 is 5.32 Å². The van der Waals surface area contributed by atoms with Gasteiger partial charge >= 0.3 is 0 Å². The van der Waals surface area contributed by atoms with Gasteiger partial charge in [0, 0.05) is 43.5 Å². The van der Waals surface area contributed by atoms with Crippen molar-refractivity contribution in [2.24, 2.45) is 5.92 Å². The first-order chi connectivity index (χ1) is 8.66. The zero-order chi connectivity index (χ0) is 13.0. The Morgan fingerprint density at radius 1 is 1.39 bits per heavy atom. The molecule has 0 aromatic carbocycles. The molecule has 0 amide bonds. The van der Waals surface area contributed by atoms with Gasteiger partial charge in [-0.25, -0.2) is 0 Å². The standard InChI is InChI=1S/C15H25N3/c1-12-11-18(3)13(2)10-15(12)17-9-7-14-6-4-5-8-16-14/h4-6,8,12-13,15,17H,7,9-11H2,1-3H3/t12-,13-,15-/m1/s1. The smallest absolute Gasteiger partial charge is 0.0416 e. The highest BCUT2D eigenvalue weighted by atomic mass is 15.2. The zero-order valence-corrected chi connectivity index (χ0v) is 11.8. The third-order valence-electron chi connectivity index (χ3n) is 4.12. The summed E-state index contributed by atoms with van der Waals surface area (Å²) in [5.41, 5.74) is 1.18. The molecule has 3 atom stereocenters. The molecule has 0 spiro atoms. The highest BCUT2D eigenvalue weighted by molar-refractivity contribution is 5.03. The summed E-state index contributed by atoms with van der Waals surface area (Å²) >= 11 is 0. The fourth-order valence-electron chi connectivity index (χ4n) is 2.76. The lowest BCUT2D eigenvalue weighted by Gasteiger charge is -2.40. The fourth-order valence-corrected chi connectivity index (χ4v) is 2.76. The molecule has 3 nitrogen and oxygen atoms in total. The Kier molecular flexibility index (Phi) is 4.72. The monoisotopic (exact) mass is 247 g/mol. The second-order valence-electron chi connectivity index (χ2n) is 5.63. The third kappa shape index (κ3) is 3.53. The molecule has 1 saturated heterocycles. The molecule has 0 saturated carbocycles. The Balaban J connectivity index is 1.76. The molecule has 1 aliphatic heterocycles. The van der Waals surface area contributed by atoms with Crippen molar-refractivity contribution in [2.45, 2.75) is 38.8 Å². The van der Waals surface area contributed by atoms with Crippen LogP contribution in [0, 0.1) is 5.92 Å². The first kappa shape index (κ1) is 13.5. The molecule has 100 valence electrons. The number of hydrogen-bond acceptors (Lipinski definition) is 3. The Morgan fingerprint density at radius 2 is 2.22 bits per heavy atom. The SMILES string of the molecule is C[C@@H]1CN(C)[C@H](C)C[C@H]1NCCc1ccccn1. The van der Waals surface area contributed by atoms with Gasteiger partial charge in [0.15, 0.2) is 0 Å². The number of rotatable bonds is 4. The van der Waals surface area contributed by atoms with Gasteiger partial charge < -0.3 is 10.2 Å². The van der Waals surface area contributed by atoms with Crippen LogP contribution in [-0.4, -0.2) is 42.1 Å². The van der Waals surface area contributed by atoms with Crippen molar-refractivity contribution in [3.63, 3.8) is 0 Å². The van der Waals surface area contributed by atoms with Crippen LogP contribution >= 0.6 is 0 Å². The second-order valence-corrected chi connectivity index (χ2v) is 5.63. The average Bonchev–Trinajstić information content (AvgIpc) is 2.37. The third-order valence-corrected chi connectivity index (χ3v) is 4.12. The van der Waals surface area contributed by atoms with Gasteiger partial charge in [0.2, 0.25) is 0 Å². The summed E-state index contributed by atoms with van der Waals surface area (Å²) < 4.78 is 0. The van der Waals surface area contributed by atoms with Crippen LogP contribution in [0.5, 0.6) is 0 Å². The normalized spacial score (nSPS) is 29.4. The molecular formula is C15H25N3. The molecule has 1 aliphatic rings. The number of likely N-dealkylation sites (tertiary alicyclic amines) is 1. The summed E-state index contributed by atoms with van der Waals surface area (Å²) in [5, 5.41) is 3.70. The van der Waals surface area contributed by atoms with E-state index in [2.05, 4.69) is 48.2 Å². The van der Waals surface area contributed by atoms with Crippen molar-refractivity contribution < 1.29 is 0 Å². The summed E-state index contributed by atoms with van der Waals surface area (Å²) in [6, 6.07) is 7.47. The maximum Gasteiger partial charge on any atom is 0.0416 e. The average molecular weight is 247 g/mol. The lowest BCUT2D eigenvalue weighted by Crippen LogP contribution is -2.51. The van der Waals surface area contributed by atoms with Gasteiger partial charge in [-0.3, -0.25) is 4.98 Å². The number of piperidine rings is 1. The van der Waals surface area contributed by atoms with Crippen LogP contribution in [0.25, 0.3) is 0 Å². The number of hydrogen-bond donors (Lipinski definition) is 1. The van der Waals surface area contributed by atoms with Gasteiger partial charge in [-0.2, -0.15) is 0 Å². The van der Waals surface area contributed by atoms with E-state index < -0.39 is 0 Å². The molecule has 2 rings (SSSR count). The maximum absolute atomic E-state index is 4.36. The Morgan fingerprint density at radius 3 is 2.94 bits per heavy atom. The van der Waals surface area contributed by atoms with E-state index in [4.69, 9.17) is 0 Å². The second kappa shape index (κ2) is 6.30. The molecule has 1 fully saturated rings. The number of nitrogens with zero attached hydrogens (tertiary/aromatic N) is 2. The van der Waals surface area contributed by atoms with Crippen molar-refractivity contribution in [1.82, 2.24) is 15.2 Å². The summed E-state index contributed by atoms with van der Waals surface area (Å²) in [7, 11) is 2.23. The molecule has 0 aliphatic carbocycles. The fraction of sp³-hybridized carbons (Fsp3) is 0.667. The van der Waals surface area contributed by atoms with Gasteiger partial charge in [-0.1, -0.05) is 13.0 Å². The van der Waals surface area contributed by atoms with Crippen LogP contribution in [0.3, 0.4) is 0 Å². The molecule has 2 heterocycles. The summed E-state index contributed by atoms with van der Waals surface area (Å²) in [5.74, 6) is 0.731. The van der Waals surface area contributed by atoms with E-state index >= 15 is 0 Å². The lowest BCUT2D eigenvalue weighted by molar-refractivity contribution is 0.122. The van der Waals surface area contributed by atoms with E-state index in [1.54, 1.807) is 0 Å². The van der Waals surface area contributed by atoms with Crippen LogP contribution in [0.4, 0.5) is 0 Å². The van der Waals surface area contributed by atoms with Crippen molar-refractivity contribution in [2.75, 3.05) is 20.1 Å². The minimum atomic E-state index is 0.653. The molecule has 18 heavy (non-hydrogen) atoms. The molecule has 1 N–H and O–H groups in total. The lowest BCUT2D eigenvalue weighted by atomic mass is 9.90. The van der Waals surface area contributed by atoms with Crippen LogP contribution in [0.2, 0.25) is 0 Å². The molecule has 1 aromatic rings. The minimum Gasteiger partial charge on any atom is -0.313 e. The molecule has 3 heteroatoms. The van der Waals surface area contributed by atoms with E-state index in [1.807, 2.05) is 12.3 Å². The van der Waals surface area contributed by atoms with Gasteiger partial charge in [0.05, 0.1) is 0 Å². The predicted molar refractivity (Wildman–Crippen MR) is 75.6 cm³/mol. The Labute approximate surface area is 111 Å². The van der Waals surface area contributed by atoms with Crippen LogP contribution in [0.1, 0.15) is 26.0 Å². The highest BCUT2D eigenvalue weighted by Crippen LogP contribution is 2.20. The van der Waals surface area contributed by atoms with Crippen molar-refractivity contribution in [1.29, 1.82) is 0 Å². The van der Waals surface area contributed by atoms with E-state index in [-0.39, 0.29) is 0 Å². The van der Waals surface area contributed by atoms with Gasteiger partial charge in [0.25, 0.3) is 0 Å². The summed E-state index contributed by atoms with van der Waals surface area (Å²) in [6.45, 7) is 6.89. The van der Waals surface area contributed by atoms with Crippen molar-refractivity contribution in [3.8, 4) is 0 Å². The predicted octanol–water partition coefficient (Wildman–Crippen LogP) is 1.94. The van der Waals surface area contributed by atoms with Crippen LogP contribution in [0.15, 0.2) is 24.4 Å². The summed E-state index contributed by atoms with van der Waals surface area (Å²) in [4.78, 5) is 6.82.